The summed E-state index contributed by atoms with van der Waals surface area (Å²) >= 11 is 0. The average molecular weight is 469 g/mol. The molecule has 0 bridgehead atoms. The standard InChI is InChI=1S/C25H22F3N3O3/c26-16-1-3-17(4-2-16)31-18-9-14-12-29-30-22(14)21(27)20(18)19(15-10-25(28,11-15)24(32)33)23(31)13-5-7-34-8-6-13/h1-4,9,12-13,15H,5-8,10-11H2,(H,29,30)(H,32,33). The Morgan fingerprint density at radius 1 is 1.15 bits per heavy atom. The number of alkyl halides is 1. The number of aromatic amines is 1. The van der Waals surface area contributed by atoms with Crippen LogP contribution in [-0.4, -0.2) is 44.7 Å². The van der Waals surface area contributed by atoms with E-state index in [0.717, 1.165) is 5.69 Å². The molecule has 0 radical (unpaired) electrons. The zero-order valence-electron chi connectivity index (χ0n) is 18.2. The molecular weight excluding hydrogens is 447 g/mol. The van der Waals surface area contributed by atoms with Gasteiger partial charge >= 0.3 is 5.97 Å². The number of nitrogens with zero attached hydrogens (tertiary/aromatic N) is 2. The Bertz CT molecular complexity index is 1410. The van der Waals surface area contributed by atoms with Gasteiger partial charge in [0, 0.05) is 41.3 Å². The van der Waals surface area contributed by atoms with Crippen molar-refractivity contribution in [2.24, 2.45) is 0 Å². The third-order valence-electron chi connectivity index (χ3n) is 7.31. The Morgan fingerprint density at radius 3 is 2.53 bits per heavy atom. The molecule has 4 aromatic rings. The van der Waals surface area contributed by atoms with Crippen LogP contribution in [0, 0.1) is 11.6 Å². The van der Waals surface area contributed by atoms with Crippen LogP contribution in [0.25, 0.3) is 27.5 Å². The van der Waals surface area contributed by atoms with Crippen LogP contribution in [0.1, 0.15) is 48.8 Å². The Balaban J connectivity index is 1.68. The lowest BCUT2D eigenvalue weighted by Crippen LogP contribution is -2.45. The molecule has 0 amide bonds. The molecule has 2 aliphatic rings. The number of ether oxygens (including phenoxy) is 1. The van der Waals surface area contributed by atoms with Crippen molar-refractivity contribution in [2.45, 2.75) is 43.2 Å². The van der Waals surface area contributed by atoms with Gasteiger partial charge in [-0.15, -0.1) is 0 Å². The van der Waals surface area contributed by atoms with E-state index in [1.54, 1.807) is 12.1 Å². The van der Waals surface area contributed by atoms with Crippen LogP contribution in [0.2, 0.25) is 0 Å². The summed E-state index contributed by atoms with van der Waals surface area (Å²) in [6.07, 6.45) is 2.48. The maximum absolute atomic E-state index is 16.0. The fourth-order valence-corrected chi connectivity index (χ4v) is 5.60. The van der Waals surface area contributed by atoms with Gasteiger partial charge in [-0.2, -0.15) is 5.10 Å². The minimum absolute atomic E-state index is 0.00323. The lowest BCUT2D eigenvalue weighted by Gasteiger charge is -2.39. The minimum atomic E-state index is -2.32. The zero-order chi connectivity index (χ0) is 23.6. The molecule has 6 rings (SSSR count). The average Bonchev–Trinajstić information content (AvgIpc) is 3.41. The molecule has 0 atom stereocenters. The third-order valence-corrected chi connectivity index (χ3v) is 7.31. The van der Waals surface area contributed by atoms with Gasteiger partial charge in [-0.3, -0.25) is 5.10 Å². The summed E-state index contributed by atoms with van der Waals surface area (Å²) in [6.45, 7) is 1.07. The van der Waals surface area contributed by atoms with E-state index >= 15 is 4.39 Å². The molecule has 0 unspecified atom stereocenters. The summed E-state index contributed by atoms with van der Waals surface area (Å²) in [7, 11) is 0. The number of hydrogen-bond acceptors (Lipinski definition) is 3. The fourth-order valence-electron chi connectivity index (χ4n) is 5.60. The van der Waals surface area contributed by atoms with Crippen LogP contribution in [-0.2, 0) is 9.53 Å². The number of nitrogens with one attached hydrogen (secondary N) is 1. The number of carbonyl (C=O) groups is 1. The van der Waals surface area contributed by atoms with Crippen molar-refractivity contribution in [1.82, 2.24) is 14.8 Å². The molecule has 176 valence electrons. The molecule has 0 spiro atoms. The van der Waals surface area contributed by atoms with Gasteiger partial charge in [-0.05, 0) is 67.5 Å². The molecule has 2 N–H and O–H groups in total. The van der Waals surface area contributed by atoms with E-state index in [-0.39, 0.29) is 30.1 Å². The van der Waals surface area contributed by atoms with Gasteiger partial charge in [0.2, 0.25) is 5.67 Å². The van der Waals surface area contributed by atoms with Gasteiger partial charge in [-0.25, -0.2) is 18.0 Å². The highest BCUT2D eigenvalue weighted by Crippen LogP contribution is 2.54. The lowest BCUT2D eigenvalue weighted by molar-refractivity contribution is -0.158. The van der Waals surface area contributed by atoms with Crippen LogP contribution >= 0.6 is 0 Å². The smallest absolute Gasteiger partial charge is 0.341 e. The maximum atomic E-state index is 16.0. The predicted octanol–water partition coefficient (Wildman–Crippen LogP) is 5.35. The normalized spacial score (nSPS) is 23.4. The Labute approximate surface area is 192 Å². The minimum Gasteiger partial charge on any atom is -0.479 e. The number of benzene rings is 2. The quantitative estimate of drug-likeness (QED) is 0.422. The van der Waals surface area contributed by atoms with Crippen molar-refractivity contribution in [3.63, 3.8) is 0 Å². The molecule has 34 heavy (non-hydrogen) atoms. The van der Waals surface area contributed by atoms with E-state index in [4.69, 9.17) is 4.74 Å². The van der Waals surface area contributed by atoms with E-state index in [0.29, 0.717) is 53.6 Å². The van der Waals surface area contributed by atoms with Crippen LogP contribution in [0.15, 0.2) is 36.5 Å². The summed E-state index contributed by atoms with van der Waals surface area (Å²) in [4.78, 5) is 11.5. The molecule has 3 heterocycles. The summed E-state index contributed by atoms with van der Waals surface area (Å²) in [6, 6.07) is 7.79. The number of aromatic nitrogens is 3. The van der Waals surface area contributed by atoms with Gasteiger partial charge in [0.25, 0.3) is 0 Å². The molecule has 9 heteroatoms. The van der Waals surface area contributed by atoms with Crippen molar-refractivity contribution >= 4 is 27.8 Å². The second kappa shape index (κ2) is 7.59. The first kappa shape index (κ1) is 21.2. The highest BCUT2D eigenvalue weighted by Gasteiger charge is 2.53. The van der Waals surface area contributed by atoms with Gasteiger partial charge in [0.05, 0.1) is 11.7 Å². The van der Waals surface area contributed by atoms with Gasteiger partial charge in [0.15, 0.2) is 5.82 Å². The number of rotatable bonds is 4. The SMILES string of the molecule is O=C(O)C1(F)CC(c2c(C3CCOCC3)n(-c3ccc(F)cc3)c3cc4cn[nH]c4c(F)c23)C1. The van der Waals surface area contributed by atoms with E-state index in [2.05, 4.69) is 10.2 Å². The van der Waals surface area contributed by atoms with Crippen molar-refractivity contribution in [2.75, 3.05) is 13.2 Å². The van der Waals surface area contributed by atoms with Gasteiger partial charge < -0.3 is 14.4 Å². The van der Waals surface area contributed by atoms with Crippen molar-refractivity contribution in [3.8, 4) is 5.69 Å². The molecule has 1 saturated carbocycles. The van der Waals surface area contributed by atoms with Gasteiger partial charge in [0.1, 0.15) is 11.3 Å². The van der Waals surface area contributed by atoms with E-state index in [1.165, 1.54) is 18.3 Å². The predicted molar refractivity (Wildman–Crippen MR) is 119 cm³/mol. The van der Waals surface area contributed by atoms with Crippen LogP contribution in [0.3, 0.4) is 0 Å². The number of H-pyrrole nitrogens is 1. The number of hydrogen-bond donors (Lipinski definition) is 2. The fraction of sp³-hybridized carbons (Fsp3) is 0.360. The first-order valence-corrected chi connectivity index (χ1v) is 11.3. The number of fused-ring (bicyclic) bond motifs is 2. The van der Waals surface area contributed by atoms with Crippen LogP contribution < -0.4 is 0 Å². The molecule has 2 aromatic carbocycles. The largest absolute Gasteiger partial charge is 0.479 e. The highest BCUT2D eigenvalue weighted by molar-refractivity contribution is 6.00. The number of carboxylic acid groups (broad SMARTS) is 1. The summed E-state index contributed by atoms with van der Waals surface area (Å²) in [5.74, 6) is -2.84. The monoisotopic (exact) mass is 469 g/mol. The Morgan fingerprint density at radius 2 is 1.85 bits per heavy atom. The first-order chi connectivity index (χ1) is 16.4. The second-order valence-corrected chi connectivity index (χ2v) is 9.29. The summed E-state index contributed by atoms with van der Waals surface area (Å²) in [5.41, 5.74) is 0.604. The Kier molecular flexibility index (Phi) is 4.74. The van der Waals surface area contributed by atoms with Gasteiger partial charge in [-0.1, -0.05) is 0 Å². The molecule has 2 aromatic heterocycles. The molecule has 1 aliphatic carbocycles. The van der Waals surface area contributed by atoms with E-state index < -0.39 is 23.4 Å². The maximum Gasteiger partial charge on any atom is 0.341 e. The van der Waals surface area contributed by atoms with Crippen molar-refractivity contribution in [3.05, 3.63) is 59.4 Å². The Hall–Kier alpha value is -3.33. The number of halogens is 3. The van der Waals surface area contributed by atoms with E-state index in [9.17, 15) is 18.7 Å². The van der Waals surface area contributed by atoms with Crippen molar-refractivity contribution < 1.29 is 27.8 Å². The van der Waals surface area contributed by atoms with Crippen LogP contribution in [0.4, 0.5) is 13.2 Å². The summed E-state index contributed by atoms with van der Waals surface area (Å²) in [5, 5.41) is 16.9. The topological polar surface area (TPSA) is 80.1 Å². The second-order valence-electron chi connectivity index (χ2n) is 9.29. The molecular formula is C25H22F3N3O3. The molecule has 2 fully saturated rings. The van der Waals surface area contributed by atoms with E-state index in [1.807, 2.05) is 10.6 Å². The number of aliphatic carboxylic acids is 1. The third kappa shape index (κ3) is 3.06. The first-order valence-electron chi connectivity index (χ1n) is 11.3. The molecule has 6 nitrogen and oxygen atoms in total. The zero-order valence-corrected chi connectivity index (χ0v) is 18.2. The molecule has 1 saturated heterocycles. The van der Waals surface area contributed by atoms with Crippen molar-refractivity contribution in [1.29, 1.82) is 0 Å². The molecule has 1 aliphatic heterocycles. The summed E-state index contributed by atoms with van der Waals surface area (Å²) < 4.78 is 52.1. The van der Waals surface area contributed by atoms with Crippen LogP contribution in [0.5, 0.6) is 0 Å². The lowest BCUT2D eigenvalue weighted by atomic mass is 9.67. The number of carboxylic acids is 1. The highest BCUT2D eigenvalue weighted by atomic mass is 19.1.